The van der Waals surface area contributed by atoms with Crippen LogP contribution >= 0.6 is 23.2 Å². The largest absolute Gasteiger partial charge is 0.324 e. The lowest BCUT2D eigenvalue weighted by Crippen LogP contribution is -2.09. The highest BCUT2D eigenvalue weighted by Crippen LogP contribution is 2.37. The molecule has 1 aliphatic rings. The lowest BCUT2D eigenvalue weighted by molar-refractivity contribution is 0.843. The minimum Gasteiger partial charge on any atom is -0.324 e. The fourth-order valence-electron chi connectivity index (χ4n) is 3.05. The molecule has 0 fully saturated rings. The van der Waals surface area contributed by atoms with Gasteiger partial charge >= 0.3 is 0 Å². The summed E-state index contributed by atoms with van der Waals surface area (Å²) in [5.41, 5.74) is 9.79. The highest BCUT2D eigenvalue weighted by Gasteiger charge is 2.22. The Morgan fingerprint density at radius 3 is 2.67 bits per heavy atom. The summed E-state index contributed by atoms with van der Waals surface area (Å²) in [5.74, 6) is 1.57. The Bertz CT molecular complexity index is 959. The number of nitrogens with two attached hydrogens (primary N) is 1. The molecule has 6 heteroatoms. The van der Waals surface area contributed by atoms with Crippen molar-refractivity contribution >= 4 is 28.8 Å². The second-order valence-corrected chi connectivity index (χ2v) is 6.38. The van der Waals surface area contributed by atoms with Gasteiger partial charge in [-0.05, 0) is 29.8 Å². The van der Waals surface area contributed by atoms with E-state index in [9.17, 15) is 0 Å². The maximum absolute atomic E-state index is 6.43. The van der Waals surface area contributed by atoms with Crippen molar-refractivity contribution in [3.8, 4) is 5.69 Å². The van der Waals surface area contributed by atoms with Gasteiger partial charge in [-0.2, -0.15) is 0 Å². The van der Waals surface area contributed by atoms with Crippen molar-refractivity contribution in [3.05, 3.63) is 81.4 Å². The third kappa shape index (κ3) is 2.44. The van der Waals surface area contributed by atoms with Crippen molar-refractivity contribution in [1.29, 1.82) is 0 Å². The second-order valence-electron chi connectivity index (χ2n) is 5.54. The average Bonchev–Trinajstić information content (AvgIpc) is 2.93. The summed E-state index contributed by atoms with van der Waals surface area (Å²) in [5, 5.41) is 9.84. The van der Waals surface area contributed by atoms with Gasteiger partial charge in [0.25, 0.3) is 0 Å². The second kappa shape index (κ2) is 6.06. The Morgan fingerprint density at radius 2 is 1.88 bits per heavy atom. The van der Waals surface area contributed by atoms with E-state index in [1.807, 2.05) is 47.0 Å². The number of rotatable bonds is 2. The highest BCUT2D eigenvalue weighted by atomic mass is 35.5. The number of hydrogen-bond acceptors (Lipinski definition) is 3. The molecule has 2 aromatic carbocycles. The van der Waals surface area contributed by atoms with Crippen LogP contribution in [0.15, 0.2) is 48.5 Å². The molecule has 0 bridgehead atoms. The average molecular weight is 357 g/mol. The van der Waals surface area contributed by atoms with Gasteiger partial charge in [0.15, 0.2) is 5.82 Å². The minimum absolute atomic E-state index is 0.316. The molecule has 0 unspecified atom stereocenters. The van der Waals surface area contributed by atoms with Crippen LogP contribution in [0.2, 0.25) is 10.0 Å². The zero-order chi connectivity index (χ0) is 16.7. The van der Waals surface area contributed by atoms with E-state index in [0.717, 1.165) is 34.0 Å². The molecule has 4 nitrogen and oxygen atoms in total. The van der Waals surface area contributed by atoms with Crippen LogP contribution in [-0.2, 0) is 13.0 Å². The maximum atomic E-state index is 6.43. The summed E-state index contributed by atoms with van der Waals surface area (Å²) < 4.78 is 2.01. The Kier molecular flexibility index (Phi) is 3.88. The van der Waals surface area contributed by atoms with Crippen molar-refractivity contribution in [1.82, 2.24) is 14.8 Å². The molecule has 2 heterocycles. The molecule has 24 heavy (non-hydrogen) atoms. The van der Waals surface area contributed by atoms with Crippen LogP contribution in [0.4, 0.5) is 0 Å². The van der Waals surface area contributed by atoms with Crippen molar-refractivity contribution in [2.45, 2.75) is 13.0 Å². The van der Waals surface area contributed by atoms with Crippen molar-refractivity contribution < 1.29 is 0 Å². The first-order valence-corrected chi connectivity index (χ1v) is 8.33. The van der Waals surface area contributed by atoms with Gasteiger partial charge in [-0.25, -0.2) is 0 Å². The molecule has 0 aliphatic carbocycles. The summed E-state index contributed by atoms with van der Waals surface area (Å²) in [6, 6.07) is 13.6. The number of fused-ring (bicyclic) bond motifs is 3. The third-order valence-electron chi connectivity index (χ3n) is 4.12. The fourth-order valence-corrected chi connectivity index (χ4v) is 3.46. The van der Waals surface area contributed by atoms with E-state index in [0.29, 0.717) is 23.0 Å². The Morgan fingerprint density at radius 1 is 1.04 bits per heavy atom. The van der Waals surface area contributed by atoms with E-state index in [2.05, 4.69) is 16.3 Å². The van der Waals surface area contributed by atoms with Crippen LogP contribution in [0, 0.1) is 0 Å². The number of nitrogens with zero attached hydrogens (tertiary/aromatic N) is 3. The normalized spacial score (nSPS) is 13.0. The predicted molar refractivity (Wildman–Crippen MR) is 96.5 cm³/mol. The first-order valence-electron chi connectivity index (χ1n) is 7.57. The summed E-state index contributed by atoms with van der Waals surface area (Å²) in [7, 11) is 0. The molecule has 2 N–H and O–H groups in total. The minimum atomic E-state index is 0.316. The van der Waals surface area contributed by atoms with Crippen LogP contribution in [0.1, 0.15) is 22.8 Å². The number of aromatic nitrogens is 3. The summed E-state index contributed by atoms with van der Waals surface area (Å²) in [6.45, 7) is 0.316. The van der Waals surface area contributed by atoms with Gasteiger partial charge in [-0.3, -0.25) is 4.57 Å². The summed E-state index contributed by atoms with van der Waals surface area (Å²) >= 11 is 12.7. The number of hydrogen-bond donors (Lipinski definition) is 1. The Balaban J connectivity index is 2.01. The van der Waals surface area contributed by atoms with Crippen LogP contribution in [-0.4, -0.2) is 14.8 Å². The Hall–Kier alpha value is -2.14. The predicted octanol–water partition coefficient (Wildman–Crippen LogP) is 4.02. The van der Waals surface area contributed by atoms with Crippen LogP contribution in [0.5, 0.6) is 0 Å². The van der Waals surface area contributed by atoms with E-state index in [4.69, 9.17) is 28.9 Å². The lowest BCUT2D eigenvalue weighted by Gasteiger charge is -2.15. The lowest BCUT2D eigenvalue weighted by atomic mass is 9.96. The monoisotopic (exact) mass is 356 g/mol. The molecule has 1 aliphatic heterocycles. The van der Waals surface area contributed by atoms with Gasteiger partial charge in [-0.15, -0.1) is 10.2 Å². The van der Waals surface area contributed by atoms with Gasteiger partial charge in [0.05, 0.1) is 12.2 Å². The topological polar surface area (TPSA) is 56.7 Å². The van der Waals surface area contributed by atoms with Crippen molar-refractivity contribution in [2.24, 2.45) is 5.73 Å². The van der Waals surface area contributed by atoms with Crippen LogP contribution in [0.3, 0.4) is 0 Å². The first-order chi connectivity index (χ1) is 11.7. The molecule has 0 spiro atoms. The zero-order valence-corrected chi connectivity index (χ0v) is 14.2. The summed E-state index contributed by atoms with van der Waals surface area (Å²) in [4.78, 5) is 0. The van der Waals surface area contributed by atoms with Gasteiger partial charge in [0.1, 0.15) is 5.82 Å². The van der Waals surface area contributed by atoms with E-state index < -0.39 is 0 Å². The molecule has 0 saturated heterocycles. The Labute approximate surface area is 149 Å². The first kappa shape index (κ1) is 15.4. The zero-order valence-electron chi connectivity index (χ0n) is 12.7. The molecule has 0 atom stereocenters. The highest BCUT2D eigenvalue weighted by molar-refractivity contribution is 6.33. The van der Waals surface area contributed by atoms with Gasteiger partial charge in [-0.1, -0.05) is 47.5 Å². The van der Waals surface area contributed by atoms with E-state index in [1.54, 1.807) is 0 Å². The van der Waals surface area contributed by atoms with Crippen molar-refractivity contribution in [3.63, 3.8) is 0 Å². The van der Waals surface area contributed by atoms with Gasteiger partial charge in [0, 0.05) is 27.6 Å². The molecule has 0 saturated carbocycles. The van der Waals surface area contributed by atoms with E-state index in [1.165, 1.54) is 0 Å². The molecular formula is C18H14Cl2N4. The SMILES string of the molecule is NCc1nnc2n1-c1ccc(Cl)cc1C(c1ccccc1Cl)=CC2. The fraction of sp³-hybridized carbons (Fsp3) is 0.111. The third-order valence-corrected chi connectivity index (χ3v) is 4.69. The summed E-state index contributed by atoms with van der Waals surface area (Å²) in [6.07, 6.45) is 2.75. The maximum Gasteiger partial charge on any atom is 0.151 e. The number of allylic oxidation sites excluding steroid dienone is 1. The van der Waals surface area contributed by atoms with Crippen molar-refractivity contribution in [2.75, 3.05) is 0 Å². The number of benzene rings is 2. The quantitative estimate of drug-likeness (QED) is 0.754. The van der Waals surface area contributed by atoms with Gasteiger partial charge < -0.3 is 5.73 Å². The molecule has 3 aromatic rings. The molecule has 0 amide bonds. The molecule has 0 radical (unpaired) electrons. The standard InChI is InChI=1S/C18H14Cl2N4/c19-11-5-7-16-14(9-11)12(13-3-1-2-4-15(13)20)6-8-17-22-23-18(10-21)24(16)17/h1-7,9H,8,10,21H2. The molecule has 120 valence electrons. The van der Waals surface area contributed by atoms with Crippen LogP contribution in [0.25, 0.3) is 11.3 Å². The molecule has 4 rings (SSSR count). The van der Waals surface area contributed by atoms with Gasteiger partial charge in [0.2, 0.25) is 0 Å². The smallest absolute Gasteiger partial charge is 0.151 e. The van der Waals surface area contributed by atoms with E-state index >= 15 is 0 Å². The van der Waals surface area contributed by atoms with Crippen LogP contribution < -0.4 is 5.73 Å². The number of halogens is 2. The molecule has 1 aromatic heterocycles. The molecular weight excluding hydrogens is 343 g/mol. The van der Waals surface area contributed by atoms with E-state index in [-0.39, 0.29) is 0 Å².